The number of halogens is 1. The van der Waals surface area contributed by atoms with Crippen LogP contribution in [0.4, 0.5) is 11.4 Å². The van der Waals surface area contributed by atoms with E-state index in [0.717, 1.165) is 6.07 Å². The van der Waals surface area contributed by atoms with Crippen molar-refractivity contribution >= 4 is 28.9 Å². The van der Waals surface area contributed by atoms with Gasteiger partial charge in [-0.1, -0.05) is 11.6 Å². The second kappa shape index (κ2) is 4.14. The number of primary amides is 1. The maximum absolute atomic E-state index is 10.9. The van der Waals surface area contributed by atoms with Gasteiger partial charge in [0.2, 0.25) is 5.91 Å². The van der Waals surface area contributed by atoms with Gasteiger partial charge in [0, 0.05) is 13.1 Å². The van der Waals surface area contributed by atoms with E-state index in [4.69, 9.17) is 17.3 Å². The molecule has 0 aromatic heterocycles. The zero-order valence-corrected chi connectivity index (χ0v) is 8.54. The Morgan fingerprint density at radius 3 is 2.60 bits per heavy atom. The van der Waals surface area contributed by atoms with Crippen LogP contribution in [0.2, 0.25) is 5.02 Å². The molecule has 0 aliphatic carbocycles. The third-order valence-electron chi connectivity index (χ3n) is 1.82. The Labute approximate surface area is 90.2 Å². The summed E-state index contributed by atoms with van der Waals surface area (Å²) < 4.78 is 0. The summed E-state index contributed by atoms with van der Waals surface area (Å²) >= 11 is 5.72. The molecule has 0 saturated heterocycles. The smallest absolute Gasteiger partial charge is 0.293 e. The molecule has 0 spiro atoms. The van der Waals surface area contributed by atoms with Gasteiger partial charge < -0.3 is 11.1 Å². The van der Waals surface area contributed by atoms with Gasteiger partial charge in [-0.15, -0.1) is 0 Å². The van der Waals surface area contributed by atoms with E-state index < -0.39 is 10.8 Å². The van der Waals surface area contributed by atoms with Crippen LogP contribution in [-0.2, 0) is 0 Å². The lowest BCUT2D eigenvalue weighted by molar-refractivity contribution is -0.384. The first kappa shape index (κ1) is 11.3. The van der Waals surface area contributed by atoms with Gasteiger partial charge in [-0.2, -0.15) is 0 Å². The number of hydrogen-bond acceptors (Lipinski definition) is 4. The number of benzene rings is 1. The fraction of sp³-hybridized carbons (Fsp3) is 0.125. The number of nitro benzene ring substituents is 1. The van der Waals surface area contributed by atoms with E-state index in [1.165, 1.54) is 13.1 Å². The Morgan fingerprint density at radius 2 is 2.20 bits per heavy atom. The standard InChI is InChI=1S/C8H8ClN3O3/c1-11-6-3-5(9)4(8(10)13)2-7(6)12(14)15/h2-3,11H,1H3,(H2,10,13). The van der Waals surface area contributed by atoms with Crippen LogP contribution in [0, 0.1) is 10.1 Å². The fourth-order valence-electron chi connectivity index (χ4n) is 1.10. The lowest BCUT2D eigenvalue weighted by Crippen LogP contribution is -2.12. The normalized spacial score (nSPS) is 9.73. The topological polar surface area (TPSA) is 98.3 Å². The van der Waals surface area contributed by atoms with Gasteiger partial charge in [-0.3, -0.25) is 14.9 Å². The summed E-state index contributed by atoms with van der Waals surface area (Å²) in [7, 11) is 1.52. The van der Waals surface area contributed by atoms with E-state index in [1.807, 2.05) is 0 Å². The highest BCUT2D eigenvalue weighted by Gasteiger charge is 2.18. The van der Waals surface area contributed by atoms with Gasteiger partial charge in [0.15, 0.2) is 0 Å². The SMILES string of the molecule is CNc1cc(Cl)c(C(N)=O)cc1[N+](=O)[O-]. The number of nitrogens with one attached hydrogen (secondary N) is 1. The van der Waals surface area contributed by atoms with Crippen molar-refractivity contribution in [2.24, 2.45) is 5.73 Å². The average molecular weight is 230 g/mol. The minimum absolute atomic E-state index is 0.0673. The van der Waals surface area contributed by atoms with Crippen molar-refractivity contribution in [3.63, 3.8) is 0 Å². The first-order valence-corrected chi connectivity index (χ1v) is 4.30. The average Bonchev–Trinajstić information content (AvgIpc) is 2.16. The van der Waals surface area contributed by atoms with E-state index in [0.29, 0.717) is 0 Å². The van der Waals surface area contributed by atoms with Crippen molar-refractivity contribution in [2.75, 3.05) is 12.4 Å². The van der Waals surface area contributed by atoms with Gasteiger partial charge >= 0.3 is 0 Å². The van der Waals surface area contributed by atoms with Crippen LogP contribution < -0.4 is 11.1 Å². The molecule has 1 aromatic rings. The molecule has 0 unspecified atom stereocenters. The molecule has 3 N–H and O–H groups in total. The predicted octanol–water partition coefficient (Wildman–Crippen LogP) is 1.39. The summed E-state index contributed by atoms with van der Waals surface area (Å²) in [6.07, 6.45) is 0. The Kier molecular flexibility index (Phi) is 3.11. The monoisotopic (exact) mass is 229 g/mol. The van der Waals surface area contributed by atoms with Crippen LogP contribution in [0.5, 0.6) is 0 Å². The molecule has 1 aromatic carbocycles. The van der Waals surface area contributed by atoms with Crippen LogP contribution >= 0.6 is 11.6 Å². The number of carbonyl (C=O) groups excluding carboxylic acids is 1. The summed E-state index contributed by atoms with van der Waals surface area (Å²) in [5.74, 6) is -0.800. The lowest BCUT2D eigenvalue weighted by atomic mass is 10.1. The molecule has 1 amide bonds. The molecule has 0 aliphatic heterocycles. The van der Waals surface area contributed by atoms with Gasteiger partial charge in [-0.05, 0) is 6.07 Å². The molecule has 80 valence electrons. The molecule has 0 atom stereocenters. The second-order valence-corrected chi connectivity index (χ2v) is 3.13. The van der Waals surface area contributed by atoms with Gasteiger partial charge in [0.05, 0.1) is 15.5 Å². The molecule has 0 aliphatic rings. The highest BCUT2D eigenvalue weighted by Crippen LogP contribution is 2.30. The summed E-state index contributed by atoms with van der Waals surface area (Å²) in [4.78, 5) is 20.9. The van der Waals surface area contributed by atoms with Crippen molar-refractivity contribution < 1.29 is 9.72 Å². The maximum atomic E-state index is 10.9. The fourth-order valence-corrected chi connectivity index (χ4v) is 1.36. The Morgan fingerprint density at radius 1 is 1.60 bits per heavy atom. The Hall–Kier alpha value is -1.82. The number of nitro groups is 1. The number of nitrogens with two attached hydrogens (primary N) is 1. The minimum atomic E-state index is -0.800. The zero-order valence-electron chi connectivity index (χ0n) is 7.78. The zero-order chi connectivity index (χ0) is 11.6. The second-order valence-electron chi connectivity index (χ2n) is 2.72. The highest BCUT2D eigenvalue weighted by molar-refractivity contribution is 6.34. The largest absolute Gasteiger partial charge is 0.383 e. The first-order chi connectivity index (χ1) is 6.97. The number of rotatable bonds is 3. The maximum Gasteiger partial charge on any atom is 0.293 e. The molecular formula is C8H8ClN3O3. The summed E-state index contributed by atoms with van der Waals surface area (Å²) in [6.45, 7) is 0. The molecule has 6 nitrogen and oxygen atoms in total. The van der Waals surface area contributed by atoms with E-state index >= 15 is 0 Å². The number of carbonyl (C=O) groups is 1. The van der Waals surface area contributed by atoms with Crippen molar-refractivity contribution in [1.29, 1.82) is 0 Å². The molecule has 15 heavy (non-hydrogen) atoms. The van der Waals surface area contributed by atoms with Crippen LogP contribution in [0.1, 0.15) is 10.4 Å². The summed E-state index contributed by atoms with van der Waals surface area (Å²) in [5, 5.41) is 13.3. The minimum Gasteiger partial charge on any atom is -0.383 e. The molecule has 7 heteroatoms. The highest BCUT2D eigenvalue weighted by atomic mass is 35.5. The number of hydrogen-bond donors (Lipinski definition) is 2. The molecular weight excluding hydrogens is 222 g/mol. The van der Waals surface area contributed by atoms with Crippen LogP contribution in [-0.4, -0.2) is 17.9 Å². The van der Waals surface area contributed by atoms with Gasteiger partial charge in [0.25, 0.3) is 5.69 Å². The van der Waals surface area contributed by atoms with E-state index in [9.17, 15) is 14.9 Å². The van der Waals surface area contributed by atoms with E-state index in [1.54, 1.807) is 0 Å². The number of nitrogens with zero attached hydrogens (tertiary/aromatic N) is 1. The van der Waals surface area contributed by atoms with Crippen LogP contribution in [0.25, 0.3) is 0 Å². The van der Waals surface area contributed by atoms with Gasteiger partial charge in [-0.25, -0.2) is 0 Å². The summed E-state index contributed by atoms with van der Waals surface area (Å²) in [5.41, 5.74) is 4.93. The van der Waals surface area contributed by atoms with Gasteiger partial charge in [0.1, 0.15) is 5.69 Å². The van der Waals surface area contributed by atoms with Crippen molar-refractivity contribution in [3.05, 3.63) is 32.8 Å². The molecule has 0 heterocycles. The molecule has 0 saturated carbocycles. The quantitative estimate of drug-likeness (QED) is 0.604. The lowest BCUT2D eigenvalue weighted by Gasteiger charge is -2.05. The molecule has 0 fully saturated rings. The van der Waals surface area contributed by atoms with Crippen molar-refractivity contribution in [1.82, 2.24) is 0 Å². The summed E-state index contributed by atoms with van der Waals surface area (Å²) in [6, 6.07) is 2.34. The first-order valence-electron chi connectivity index (χ1n) is 3.93. The molecule has 0 radical (unpaired) electrons. The van der Waals surface area contributed by atoms with E-state index in [2.05, 4.69) is 5.32 Å². The van der Waals surface area contributed by atoms with E-state index in [-0.39, 0.29) is 22.0 Å². The Balaban J connectivity index is 3.43. The number of anilines is 1. The third-order valence-corrected chi connectivity index (χ3v) is 2.13. The van der Waals surface area contributed by atoms with Crippen LogP contribution in [0.3, 0.4) is 0 Å². The molecule has 1 rings (SSSR count). The number of amides is 1. The third kappa shape index (κ3) is 2.16. The molecule has 0 bridgehead atoms. The van der Waals surface area contributed by atoms with Crippen LogP contribution in [0.15, 0.2) is 12.1 Å². The van der Waals surface area contributed by atoms with Crippen molar-refractivity contribution in [2.45, 2.75) is 0 Å². The Bertz CT molecular complexity index is 433. The predicted molar refractivity (Wildman–Crippen MR) is 56.2 cm³/mol. The van der Waals surface area contributed by atoms with Crippen molar-refractivity contribution in [3.8, 4) is 0 Å².